The van der Waals surface area contributed by atoms with Crippen LogP contribution in [-0.2, 0) is 6.42 Å². The second-order valence-electron chi connectivity index (χ2n) is 4.33. The Bertz CT molecular complexity index is 533. The number of aryl methyl sites for hydroxylation is 1. The monoisotopic (exact) mass is 323 g/mol. The third-order valence-corrected chi connectivity index (χ3v) is 5.38. The number of nitrogens with one attached hydrogen (secondary N) is 1. The first-order valence-electron chi connectivity index (χ1n) is 6.18. The molecule has 1 atom stereocenters. The summed E-state index contributed by atoms with van der Waals surface area (Å²) >= 11 is 5.51. The van der Waals surface area contributed by atoms with Gasteiger partial charge in [-0.3, -0.25) is 0 Å². The molecular formula is C15H18BrNS. The Balaban J connectivity index is 2.41. The fraction of sp³-hybridized carbons (Fsp3) is 0.333. The van der Waals surface area contributed by atoms with E-state index >= 15 is 0 Å². The zero-order valence-electron chi connectivity index (χ0n) is 11.0. The van der Waals surface area contributed by atoms with E-state index in [4.69, 9.17) is 0 Å². The van der Waals surface area contributed by atoms with E-state index in [1.807, 2.05) is 18.4 Å². The lowest BCUT2D eigenvalue weighted by Crippen LogP contribution is -2.17. The molecule has 0 saturated heterocycles. The smallest absolute Gasteiger partial charge is 0.0671 e. The van der Waals surface area contributed by atoms with E-state index in [2.05, 4.69) is 65.4 Å². The maximum atomic E-state index is 3.61. The molecule has 1 heterocycles. The van der Waals surface area contributed by atoms with Gasteiger partial charge in [0.25, 0.3) is 0 Å². The van der Waals surface area contributed by atoms with Crippen LogP contribution in [0.15, 0.2) is 34.8 Å². The molecule has 0 fully saturated rings. The van der Waals surface area contributed by atoms with E-state index in [9.17, 15) is 0 Å². The molecule has 0 aliphatic rings. The Labute approximate surface area is 121 Å². The first-order valence-corrected chi connectivity index (χ1v) is 7.79. The number of benzene rings is 1. The largest absolute Gasteiger partial charge is 0.309 e. The summed E-state index contributed by atoms with van der Waals surface area (Å²) in [6.45, 7) is 4.37. The summed E-state index contributed by atoms with van der Waals surface area (Å²) < 4.78 is 1.17. The van der Waals surface area contributed by atoms with Gasteiger partial charge >= 0.3 is 0 Å². The van der Waals surface area contributed by atoms with Crippen LogP contribution < -0.4 is 5.32 Å². The van der Waals surface area contributed by atoms with Gasteiger partial charge in [-0.05, 0) is 49.7 Å². The first kappa shape index (κ1) is 13.8. The summed E-state index contributed by atoms with van der Waals surface area (Å²) in [4.78, 5) is 2.83. The molecule has 0 aliphatic carbocycles. The molecule has 1 aromatic heterocycles. The van der Waals surface area contributed by atoms with E-state index in [-0.39, 0.29) is 6.04 Å². The van der Waals surface area contributed by atoms with E-state index in [0.29, 0.717) is 0 Å². The highest BCUT2D eigenvalue weighted by Gasteiger charge is 2.16. The highest BCUT2D eigenvalue weighted by molar-refractivity contribution is 9.10. The highest BCUT2D eigenvalue weighted by atomic mass is 79.9. The summed E-state index contributed by atoms with van der Waals surface area (Å²) in [5.41, 5.74) is 2.65. The standard InChI is InChI=1S/C15H18BrNS/c1-4-11-8-9-14(18-11)15(17-3)12-6-5-7-13(16)10(12)2/h5-9,15,17H,4H2,1-3H3. The van der Waals surface area contributed by atoms with E-state index < -0.39 is 0 Å². The van der Waals surface area contributed by atoms with Crippen LogP contribution in [0.1, 0.15) is 33.8 Å². The molecule has 1 N–H and O–H groups in total. The minimum atomic E-state index is 0.285. The predicted molar refractivity (Wildman–Crippen MR) is 83.5 cm³/mol. The molecular weight excluding hydrogens is 306 g/mol. The topological polar surface area (TPSA) is 12.0 Å². The van der Waals surface area contributed by atoms with E-state index in [0.717, 1.165) is 6.42 Å². The maximum Gasteiger partial charge on any atom is 0.0671 e. The molecule has 96 valence electrons. The molecule has 1 aromatic carbocycles. The second kappa shape index (κ2) is 6.00. The van der Waals surface area contributed by atoms with Crippen molar-refractivity contribution in [2.24, 2.45) is 0 Å². The third kappa shape index (κ3) is 2.68. The average molecular weight is 324 g/mol. The van der Waals surface area contributed by atoms with Gasteiger partial charge < -0.3 is 5.32 Å². The predicted octanol–water partition coefficient (Wildman–Crippen LogP) is 4.69. The third-order valence-electron chi connectivity index (χ3n) is 3.22. The van der Waals surface area contributed by atoms with Crippen molar-refractivity contribution in [3.8, 4) is 0 Å². The van der Waals surface area contributed by atoms with Crippen LogP contribution in [0.4, 0.5) is 0 Å². The lowest BCUT2D eigenvalue weighted by Gasteiger charge is -2.18. The normalized spacial score (nSPS) is 12.7. The van der Waals surface area contributed by atoms with Crippen LogP contribution in [0, 0.1) is 6.92 Å². The average Bonchev–Trinajstić information content (AvgIpc) is 2.84. The van der Waals surface area contributed by atoms with Crippen LogP contribution in [0.5, 0.6) is 0 Å². The van der Waals surface area contributed by atoms with Crippen LogP contribution in [0.25, 0.3) is 0 Å². The van der Waals surface area contributed by atoms with E-state index in [1.54, 1.807) is 0 Å². The molecule has 0 aliphatic heterocycles. The summed E-state index contributed by atoms with van der Waals surface area (Å²) in [6.07, 6.45) is 1.11. The van der Waals surface area contributed by atoms with Crippen molar-refractivity contribution in [1.82, 2.24) is 5.32 Å². The van der Waals surface area contributed by atoms with Crippen molar-refractivity contribution in [1.29, 1.82) is 0 Å². The molecule has 2 rings (SSSR count). The lowest BCUT2D eigenvalue weighted by atomic mass is 10.0. The van der Waals surface area contributed by atoms with Crippen molar-refractivity contribution in [2.75, 3.05) is 7.05 Å². The highest BCUT2D eigenvalue weighted by Crippen LogP contribution is 2.32. The van der Waals surface area contributed by atoms with Gasteiger partial charge in [0, 0.05) is 14.2 Å². The summed E-state index contributed by atoms with van der Waals surface area (Å²) in [5.74, 6) is 0. The second-order valence-corrected chi connectivity index (χ2v) is 6.39. The van der Waals surface area contributed by atoms with Crippen LogP contribution in [0.3, 0.4) is 0 Å². The number of thiophene rings is 1. The van der Waals surface area contributed by atoms with Gasteiger partial charge in [0.1, 0.15) is 0 Å². The zero-order valence-corrected chi connectivity index (χ0v) is 13.4. The van der Waals surface area contributed by atoms with Gasteiger partial charge in [0.15, 0.2) is 0 Å². The van der Waals surface area contributed by atoms with Gasteiger partial charge in [-0.1, -0.05) is 35.0 Å². The van der Waals surface area contributed by atoms with Gasteiger partial charge in [-0.25, -0.2) is 0 Å². The molecule has 0 bridgehead atoms. The van der Waals surface area contributed by atoms with Crippen molar-refractivity contribution >= 4 is 27.3 Å². The molecule has 2 aromatic rings. The zero-order chi connectivity index (χ0) is 13.1. The molecule has 18 heavy (non-hydrogen) atoms. The van der Waals surface area contributed by atoms with Gasteiger partial charge in [-0.15, -0.1) is 11.3 Å². The minimum absolute atomic E-state index is 0.285. The molecule has 3 heteroatoms. The molecule has 0 spiro atoms. The van der Waals surface area contributed by atoms with Crippen molar-refractivity contribution < 1.29 is 0 Å². The number of hydrogen-bond donors (Lipinski definition) is 1. The van der Waals surface area contributed by atoms with Crippen molar-refractivity contribution in [2.45, 2.75) is 26.3 Å². The Morgan fingerprint density at radius 1 is 1.28 bits per heavy atom. The van der Waals surface area contributed by atoms with Crippen LogP contribution in [0.2, 0.25) is 0 Å². The van der Waals surface area contributed by atoms with Crippen LogP contribution in [-0.4, -0.2) is 7.05 Å². The van der Waals surface area contributed by atoms with Crippen molar-refractivity contribution in [3.05, 3.63) is 55.7 Å². The Kier molecular flexibility index (Phi) is 4.60. The quantitative estimate of drug-likeness (QED) is 0.860. The fourth-order valence-corrected chi connectivity index (χ4v) is 3.59. The molecule has 0 saturated carbocycles. The van der Waals surface area contributed by atoms with Crippen LogP contribution >= 0.6 is 27.3 Å². The lowest BCUT2D eigenvalue weighted by molar-refractivity contribution is 0.699. The van der Waals surface area contributed by atoms with E-state index in [1.165, 1.54) is 25.4 Å². The van der Waals surface area contributed by atoms with Gasteiger partial charge in [-0.2, -0.15) is 0 Å². The SMILES string of the molecule is CCc1ccc(C(NC)c2cccc(Br)c2C)s1. The Hall–Kier alpha value is -0.640. The first-order chi connectivity index (χ1) is 8.67. The number of hydrogen-bond acceptors (Lipinski definition) is 2. The summed E-state index contributed by atoms with van der Waals surface area (Å²) in [7, 11) is 2.02. The Morgan fingerprint density at radius 3 is 2.67 bits per heavy atom. The van der Waals surface area contributed by atoms with Gasteiger partial charge in [0.05, 0.1) is 6.04 Å². The Morgan fingerprint density at radius 2 is 2.06 bits per heavy atom. The van der Waals surface area contributed by atoms with Gasteiger partial charge in [0.2, 0.25) is 0 Å². The molecule has 1 nitrogen and oxygen atoms in total. The van der Waals surface area contributed by atoms with Crippen molar-refractivity contribution in [3.63, 3.8) is 0 Å². The fourth-order valence-electron chi connectivity index (χ4n) is 2.13. The number of halogens is 1. The summed E-state index contributed by atoms with van der Waals surface area (Å²) in [6, 6.07) is 11.2. The molecule has 0 amide bonds. The minimum Gasteiger partial charge on any atom is -0.309 e. The molecule has 0 radical (unpaired) electrons. The maximum absolute atomic E-state index is 3.61. The molecule has 1 unspecified atom stereocenters. The summed E-state index contributed by atoms with van der Waals surface area (Å²) in [5, 5.41) is 3.43. The number of rotatable bonds is 4.